The van der Waals surface area contributed by atoms with Crippen molar-refractivity contribution in [3.8, 4) is 0 Å². The Bertz CT molecular complexity index is 906. The van der Waals surface area contributed by atoms with E-state index in [0.717, 1.165) is 27.7 Å². The van der Waals surface area contributed by atoms with E-state index >= 15 is 0 Å². The molecule has 0 aliphatic rings. The van der Waals surface area contributed by atoms with Gasteiger partial charge in [0.25, 0.3) is 0 Å². The first kappa shape index (κ1) is 18.0. The smallest absolute Gasteiger partial charge is 0.0629 e. The molecule has 26 heavy (non-hydrogen) atoms. The largest absolute Gasteiger partial charge is 0.355 e. The third-order valence-electron chi connectivity index (χ3n) is 3.98. The number of aliphatic imine (C=N–C) groups is 1. The number of rotatable bonds is 5. The number of halogens is 1. The van der Waals surface area contributed by atoms with Gasteiger partial charge in [0.1, 0.15) is 0 Å². The van der Waals surface area contributed by atoms with Gasteiger partial charge in [-0.25, -0.2) is 0 Å². The minimum Gasteiger partial charge on any atom is -0.355 e. The fourth-order valence-electron chi connectivity index (χ4n) is 2.46. The predicted molar refractivity (Wildman–Crippen MR) is 114 cm³/mol. The van der Waals surface area contributed by atoms with Crippen molar-refractivity contribution in [1.29, 1.82) is 0 Å². The highest BCUT2D eigenvalue weighted by Crippen LogP contribution is 2.21. The van der Waals surface area contributed by atoms with Crippen LogP contribution >= 0.6 is 11.6 Å². The molecule has 2 nitrogen and oxygen atoms in total. The van der Waals surface area contributed by atoms with Crippen molar-refractivity contribution in [2.24, 2.45) is 4.99 Å². The van der Waals surface area contributed by atoms with Gasteiger partial charge in [-0.2, -0.15) is 0 Å². The van der Waals surface area contributed by atoms with Crippen LogP contribution in [0.4, 0.5) is 11.4 Å². The lowest BCUT2D eigenvalue weighted by atomic mass is 10.1. The summed E-state index contributed by atoms with van der Waals surface area (Å²) in [5.74, 6) is 0. The molecule has 0 spiro atoms. The minimum atomic E-state index is 0.719. The van der Waals surface area contributed by atoms with Gasteiger partial charge in [0.15, 0.2) is 0 Å². The molecular formula is C23H21ClN2. The Morgan fingerprint density at radius 1 is 0.808 bits per heavy atom. The average molecular weight is 361 g/mol. The highest BCUT2D eigenvalue weighted by molar-refractivity contribution is 6.30. The number of hydrogen-bond donors (Lipinski definition) is 1. The second-order valence-electron chi connectivity index (χ2n) is 6.19. The van der Waals surface area contributed by atoms with Gasteiger partial charge < -0.3 is 5.32 Å². The highest BCUT2D eigenvalue weighted by atomic mass is 35.5. The van der Waals surface area contributed by atoms with Crippen LogP contribution in [0.2, 0.25) is 5.02 Å². The van der Waals surface area contributed by atoms with E-state index < -0.39 is 0 Å². The molecule has 0 saturated heterocycles. The third-order valence-corrected chi connectivity index (χ3v) is 4.24. The van der Waals surface area contributed by atoms with E-state index in [1.54, 1.807) is 0 Å². The van der Waals surface area contributed by atoms with Gasteiger partial charge in [0.05, 0.1) is 5.69 Å². The Morgan fingerprint density at radius 2 is 1.38 bits per heavy atom. The fourth-order valence-corrected chi connectivity index (χ4v) is 2.59. The van der Waals surface area contributed by atoms with Crippen LogP contribution in [0, 0.1) is 13.8 Å². The molecule has 0 saturated carbocycles. The third kappa shape index (κ3) is 5.08. The standard InChI is InChI=1S/C23H21ClN2/c1-17-3-11-21(12-4-17)25-16-15-23(19-7-9-20(24)10-8-19)26-22-13-5-18(2)6-14-22/h3-16,26H,1-2H3/b23-15-,25-16?. The lowest BCUT2D eigenvalue weighted by molar-refractivity contribution is 1.44. The molecule has 3 aromatic rings. The number of aryl methyl sites for hydroxylation is 2. The SMILES string of the molecule is Cc1ccc(N=C/C=C(\Nc2ccc(C)cc2)c2ccc(Cl)cc2)cc1. The first-order valence-corrected chi connectivity index (χ1v) is 8.88. The van der Waals surface area contributed by atoms with E-state index in [-0.39, 0.29) is 0 Å². The molecule has 3 heteroatoms. The molecule has 0 amide bonds. The Kier molecular flexibility index (Phi) is 5.88. The van der Waals surface area contributed by atoms with E-state index in [9.17, 15) is 0 Å². The maximum atomic E-state index is 6.02. The number of nitrogens with one attached hydrogen (secondary N) is 1. The van der Waals surface area contributed by atoms with Crippen LogP contribution in [0.5, 0.6) is 0 Å². The molecule has 3 rings (SSSR count). The molecule has 0 aromatic heterocycles. The summed E-state index contributed by atoms with van der Waals surface area (Å²) < 4.78 is 0. The fraction of sp³-hybridized carbons (Fsp3) is 0.0870. The van der Waals surface area contributed by atoms with E-state index in [0.29, 0.717) is 0 Å². The summed E-state index contributed by atoms with van der Waals surface area (Å²) in [6.07, 6.45) is 3.79. The topological polar surface area (TPSA) is 24.4 Å². The zero-order valence-corrected chi connectivity index (χ0v) is 15.7. The van der Waals surface area contributed by atoms with Crippen LogP contribution in [-0.4, -0.2) is 6.21 Å². The Hall–Kier alpha value is -2.84. The summed E-state index contributed by atoms with van der Waals surface area (Å²) in [6, 6.07) is 24.2. The van der Waals surface area contributed by atoms with Crippen LogP contribution < -0.4 is 5.32 Å². The summed E-state index contributed by atoms with van der Waals surface area (Å²) in [5, 5.41) is 4.18. The van der Waals surface area contributed by atoms with Gasteiger partial charge >= 0.3 is 0 Å². The van der Waals surface area contributed by atoms with Crippen LogP contribution in [0.3, 0.4) is 0 Å². The maximum absolute atomic E-state index is 6.02. The maximum Gasteiger partial charge on any atom is 0.0629 e. The summed E-state index contributed by atoms with van der Waals surface area (Å²) in [6.45, 7) is 4.14. The Morgan fingerprint density at radius 3 is 2.00 bits per heavy atom. The lowest BCUT2D eigenvalue weighted by Crippen LogP contribution is -1.99. The summed E-state index contributed by atoms with van der Waals surface area (Å²) in [4.78, 5) is 4.52. The number of nitrogens with zero attached hydrogens (tertiary/aromatic N) is 1. The van der Waals surface area contributed by atoms with E-state index in [1.807, 2.05) is 48.7 Å². The van der Waals surface area contributed by atoms with Gasteiger partial charge in [-0.15, -0.1) is 0 Å². The number of anilines is 1. The normalized spacial score (nSPS) is 11.7. The molecule has 0 fully saturated rings. The van der Waals surface area contributed by atoms with E-state index in [4.69, 9.17) is 11.6 Å². The molecule has 0 radical (unpaired) electrons. The van der Waals surface area contributed by atoms with Crippen molar-refractivity contribution < 1.29 is 0 Å². The second kappa shape index (κ2) is 8.50. The van der Waals surface area contributed by atoms with Crippen molar-refractivity contribution in [1.82, 2.24) is 0 Å². The zero-order valence-electron chi connectivity index (χ0n) is 14.9. The zero-order chi connectivity index (χ0) is 18.4. The molecule has 0 aliphatic heterocycles. The number of allylic oxidation sites excluding steroid dienone is 1. The van der Waals surface area contributed by atoms with E-state index in [2.05, 4.69) is 60.6 Å². The molecule has 0 bridgehead atoms. The minimum absolute atomic E-state index is 0.719. The Labute approximate surface area is 159 Å². The molecule has 0 heterocycles. The van der Waals surface area contributed by atoms with Crippen LogP contribution in [0.25, 0.3) is 5.70 Å². The van der Waals surface area contributed by atoms with Gasteiger partial charge in [0.2, 0.25) is 0 Å². The molecule has 0 atom stereocenters. The first-order chi connectivity index (χ1) is 12.6. The van der Waals surface area contributed by atoms with Crippen molar-refractivity contribution in [3.05, 3.63) is 101 Å². The van der Waals surface area contributed by atoms with Crippen molar-refractivity contribution in [3.63, 3.8) is 0 Å². The van der Waals surface area contributed by atoms with Gasteiger partial charge in [-0.1, -0.05) is 59.1 Å². The van der Waals surface area contributed by atoms with Crippen LogP contribution in [0.1, 0.15) is 16.7 Å². The molecule has 1 N–H and O–H groups in total. The average Bonchev–Trinajstić information content (AvgIpc) is 2.65. The van der Waals surface area contributed by atoms with Crippen molar-refractivity contribution in [2.45, 2.75) is 13.8 Å². The monoisotopic (exact) mass is 360 g/mol. The Balaban J connectivity index is 1.87. The highest BCUT2D eigenvalue weighted by Gasteiger charge is 2.02. The number of hydrogen-bond acceptors (Lipinski definition) is 2. The summed E-state index contributed by atoms with van der Waals surface area (Å²) in [7, 11) is 0. The molecule has 130 valence electrons. The lowest BCUT2D eigenvalue weighted by Gasteiger charge is -2.11. The van der Waals surface area contributed by atoms with Gasteiger partial charge in [-0.3, -0.25) is 4.99 Å². The van der Waals surface area contributed by atoms with Gasteiger partial charge in [-0.05, 0) is 61.9 Å². The second-order valence-corrected chi connectivity index (χ2v) is 6.63. The predicted octanol–water partition coefficient (Wildman–Crippen LogP) is 6.81. The van der Waals surface area contributed by atoms with Crippen molar-refractivity contribution >= 4 is 34.9 Å². The molecule has 0 unspecified atom stereocenters. The molecular weight excluding hydrogens is 340 g/mol. The van der Waals surface area contributed by atoms with E-state index in [1.165, 1.54) is 11.1 Å². The summed E-state index contributed by atoms with van der Waals surface area (Å²) in [5.41, 5.74) is 6.42. The number of benzene rings is 3. The summed E-state index contributed by atoms with van der Waals surface area (Å²) >= 11 is 6.02. The van der Waals surface area contributed by atoms with Crippen LogP contribution in [-0.2, 0) is 0 Å². The molecule has 0 aliphatic carbocycles. The van der Waals surface area contributed by atoms with Crippen molar-refractivity contribution in [2.75, 3.05) is 5.32 Å². The van der Waals surface area contributed by atoms with Gasteiger partial charge in [0, 0.05) is 22.6 Å². The first-order valence-electron chi connectivity index (χ1n) is 8.51. The van der Waals surface area contributed by atoms with Crippen LogP contribution in [0.15, 0.2) is 83.9 Å². The quantitative estimate of drug-likeness (QED) is 0.496. The molecule has 3 aromatic carbocycles.